The van der Waals surface area contributed by atoms with E-state index in [0.29, 0.717) is 6.42 Å². The zero-order valence-electron chi connectivity index (χ0n) is 12.0. The van der Waals surface area contributed by atoms with Gasteiger partial charge in [-0.3, -0.25) is 14.2 Å². The average molecular weight is 323 g/mol. The Morgan fingerprint density at radius 2 is 1.90 bits per heavy atom. The Morgan fingerprint density at radius 3 is 2.24 bits per heavy atom. The van der Waals surface area contributed by atoms with Gasteiger partial charge in [0.2, 0.25) is 5.91 Å². The molecule has 0 aromatic carbocycles. The molecule has 0 aliphatic rings. The molecule has 2 unspecified atom stereocenters. The summed E-state index contributed by atoms with van der Waals surface area (Å²) >= 11 is 0. The van der Waals surface area contributed by atoms with Crippen LogP contribution in [0.1, 0.15) is 26.7 Å². The fourth-order valence-electron chi connectivity index (χ4n) is 1.81. The summed E-state index contributed by atoms with van der Waals surface area (Å²) in [7, 11) is -3.11. The Labute approximate surface area is 122 Å². The number of aliphatic carboxylic acids is 1. The Balaban J connectivity index is 5.25. The van der Waals surface area contributed by atoms with Gasteiger partial charge in [-0.1, -0.05) is 13.3 Å². The summed E-state index contributed by atoms with van der Waals surface area (Å²) in [6.07, 6.45) is -0.253. The number of rotatable bonds is 9. The zero-order valence-corrected chi connectivity index (χ0v) is 13.0. The molecule has 0 saturated carbocycles. The molecule has 4 atom stereocenters. The van der Waals surface area contributed by atoms with E-state index in [-0.39, 0.29) is 6.42 Å². The lowest BCUT2D eigenvalue weighted by Gasteiger charge is -2.29. The van der Waals surface area contributed by atoms with Crippen molar-refractivity contribution >= 4 is 25.7 Å². The highest BCUT2D eigenvalue weighted by atomic mass is 31.1. The van der Waals surface area contributed by atoms with Gasteiger partial charge in [0.1, 0.15) is 6.04 Å². The van der Waals surface area contributed by atoms with Gasteiger partial charge in [0.25, 0.3) is 0 Å². The first kappa shape index (κ1) is 19.7. The average Bonchev–Trinajstić information content (AvgIpc) is 2.36. The molecule has 0 aliphatic carbocycles. The largest absolute Gasteiger partial charge is 0.480 e. The highest BCUT2D eigenvalue weighted by Crippen LogP contribution is 2.17. The maximum atomic E-state index is 12.1. The van der Waals surface area contributed by atoms with Gasteiger partial charge >= 0.3 is 5.97 Å². The normalized spacial score (nSPS) is 18.1. The number of hydrogen-bond donors (Lipinski definition) is 5. The Kier molecular flexibility index (Phi) is 7.73. The van der Waals surface area contributed by atoms with E-state index in [1.165, 1.54) is 6.92 Å². The highest BCUT2D eigenvalue weighted by molar-refractivity contribution is 7.38. The van der Waals surface area contributed by atoms with Crippen LogP contribution in [0.5, 0.6) is 0 Å². The van der Waals surface area contributed by atoms with Crippen molar-refractivity contribution in [3.05, 3.63) is 0 Å². The van der Waals surface area contributed by atoms with Crippen LogP contribution in [0.15, 0.2) is 0 Å². The zero-order chi connectivity index (χ0) is 16.8. The molecule has 0 aliphatic heterocycles. The van der Waals surface area contributed by atoms with Crippen LogP contribution in [0.4, 0.5) is 0 Å². The number of carboxylic acids is 1. The van der Waals surface area contributed by atoms with Crippen molar-refractivity contribution in [1.29, 1.82) is 0 Å². The summed E-state index contributed by atoms with van der Waals surface area (Å²) in [5.74, 6) is -3.22. The number of nitrogens with one attached hydrogen (secondary N) is 1. The number of carbonyl (C=O) groups excluding carboxylic acids is 2. The van der Waals surface area contributed by atoms with Gasteiger partial charge < -0.3 is 26.8 Å². The minimum Gasteiger partial charge on any atom is -0.480 e. The van der Waals surface area contributed by atoms with Crippen molar-refractivity contribution in [2.75, 3.05) is 6.16 Å². The summed E-state index contributed by atoms with van der Waals surface area (Å²) in [4.78, 5) is 43.9. The van der Waals surface area contributed by atoms with E-state index in [1.54, 1.807) is 6.92 Å². The Hall–Kier alpha value is -1.28. The smallest absolute Gasteiger partial charge is 0.326 e. The minimum atomic E-state index is -3.11. The molecule has 10 heteroatoms. The third-order valence-electron chi connectivity index (χ3n) is 2.88. The second-order valence-corrected chi connectivity index (χ2v) is 6.03. The topological polar surface area (TPSA) is 173 Å². The van der Waals surface area contributed by atoms with Gasteiger partial charge in [-0.05, 0) is 13.3 Å². The van der Waals surface area contributed by atoms with Crippen LogP contribution in [0, 0.1) is 0 Å². The number of carbonyl (C=O) groups is 3. The molecule has 7 N–H and O–H groups in total. The molecule has 0 rings (SSSR count). The van der Waals surface area contributed by atoms with Crippen LogP contribution < -0.4 is 16.8 Å². The van der Waals surface area contributed by atoms with E-state index in [4.69, 9.17) is 21.5 Å². The van der Waals surface area contributed by atoms with Crippen molar-refractivity contribution in [3.8, 4) is 0 Å². The first-order valence-corrected chi connectivity index (χ1v) is 7.96. The van der Waals surface area contributed by atoms with Crippen LogP contribution in [-0.4, -0.2) is 51.4 Å². The van der Waals surface area contributed by atoms with Crippen molar-refractivity contribution in [3.63, 3.8) is 0 Å². The van der Waals surface area contributed by atoms with Crippen molar-refractivity contribution in [2.24, 2.45) is 11.5 Å². The van der Waals surface area contributed by atoms with Crippen molar-refractivity contribution < 1.29 is 28.9 Å². The molecular weight excluding hydrogens is 301 g/mol. The molecule has 9 nitrogen and oxygen atoms in total. The monoisotopic (exact) mass is 323 g/mol. The number of hydrogen-bond acceptors (Lipinski definition) is 6. The highest BCUT2D eigenvalue weighted by Gasteiger charge is 2.43. The summed E-state index contributed by atoms with van der Waals surface area (Å²) in [5, 5.41) is 11.0. The summed E-state index contributed by atoms with van der Waals surface area (Å²) in [5.41, 5.74) is 9.30. The van der Waals surface area contributed by atoms with E-state index in [9.17, 15) is 18.9 Å². The first-order valence-electron chi connectivity index (χ1n) is 6.40. The van der Waals surface area contributed by atoms with Crippen LogP contribution in [0.2, 0.25) is 0 Å². The molecule has 0 heterocycles. The lowest BCUT2D eigenvalue weighted by Crippen LogP contribution is -2.65. The fraction of sp³-hybridized carbons (Fsp3) is 0.727. The van der Waals surface area contributed by atoms with Gasteiger partial charge in [-0.2, -0.15) is 0 Å². The van der Waals surface area contributed by atoms with Crippen LogP contribution in [-0.2, 0) is 18.9 Å². The number of Topliss-reactive ketones (excluding diaryl/α,β-unsaturated/α-hetero) is 1. The molecule has 0 spiro atoms. The van der Waals surface area contributed by atoms with Crippen LogP contribution in [0.3, 0.4) is 0 Å². The van der Waals surface area contributed by atoms with E-state index in [2.05, 4.69) is 0 Å². The quantitative estimate of drug-likeness (QED) is 0.250. The third kappa shape index (κ3) is 5.55. The standard InChI is InChI=1S/C11H22N3O6P/c1-3-4-11(13,8(15)6(2)12)10(18)14-7(9(16)17)5-21(19)20/h6-7,21H,3-5,12-13H2,1-2H3,(H,14,18)(H,16,17)(H,19,20)/t6-,7?,11+/m0/s1. The third-order valence-corrected chi connectivity index (χ3v) is 3.64. The summed E-state index contributed by atoms with van der Waals surface area (Å²) in [6.45, 7) is 3.07. The molecule has 122 valence electrons. The minimum absolute atomic E-state index is 0.0140. The van der Waals surface area contributed by atoms with Gasteiger partial charge in [0, 0.05) is 0 Å². The van der Waals surface area contributed by atoms with Crippen LogP contribution >= 0.6 is 8.03 Å². The number of nitrogens with two attached hydrogens (primary N) is 2. The molecule has 0 fully saturated rings. The van der Waals surface area contributed by atoms with Crippen LogP contribution in [0.25, 0.3) is 0 Å². The summed E-state index contributed by atoms with van der Waals surface area (Å²) < 4.78 is 10.8. The molecule has 0 aromatic heterocycles. The predicted octanol–water partition coefficient (Wildman–Crippen LogP) is -1.56. The molecule has 0 bridgehead atoms. The van der Waals surface area contributed by atoms with E-state index < -0.39 is 49.5 Å². The number of ketones is 1. The number of amides is 1. The Bertz CT molecular complexity index is 442. The molecule has 0 aromatic rings. The second kappa shape index (κ2) is 8.23. The first-order chi connectivity index (χ1) is 9.56. The molecule has 0 saturated heterocycles. The molecule has 1 amide bonds. The number of carboxylic acid groups (broad SMARTS) is 1. The summed E-state index contributed by atoms with van der Waals surface area (Å²) in [6, 6.07) is -2.58. The van der Waals surface area contributed by atoms with Gasteiger partial charge in [-0.15, -0.1) is 0 Å². The van der Waals surface area contributed by atoms with Crippen molar-refractivity contribution in [2.45, 2.75) is 44.3 Å². The lowest BCUT2D eigenvalue weighted by molar-refractivity contribution is -0.144. The molecule has 21 heavy (non-hydrogen) atoms. The predicted molar refractivity (Wildman–Crippen MR) is 76.1 cm³/mol. The van der Waals surface area contributed by atoms with Gasteiger partial charge in [-0.25, -0.2) is 4.79 Å². The van der Waals surface area contributed by atoms with Crippen molar-refractivity contribution in [1.82, 2.24) is 5.32 Å². The second-order valence-electron chi connectivity index (χ2n) is 4.84. The van der Waals surface area contributed by atoms with Gasteiger partial charge in [0.05, 0.1) is 12.2 Å². The maximum absolute atomic E-state index is 12.1. The van der Waals surface area contributed by atoms with Gasteiger partial charge in [0.15, 0.2) is 19.4 Å². The SMILES string of the molecule is CCC[C@](N)(C(=O)NC(C[PH](=O)O)C(=O)O)C(=O)[C@H](C)N. The lowest BCUT2D eigenvalue weighted by atomic mass is 9.85. The maximum Gasteiger partial charge on any atom is 0.326 e. The van der Waals surface area contributed by atoms with E-state index >= 15 is 0 Å². The molecule has 0 radical (unpaired) electrons. The molecular formula is C11H22N3O6P. The fourth-order valence-corrected chi connectivity index (χ4v) is 2.44. The van der Waals surface area contributed by atoms with E-state index in [1.807, 2.05) is 5.32 Å². The Morgan fingerprint density at radius 1 is 1.38 bits per heavy atom. The van der Waals surface area contributed by atoms with E-state index in [0.717, 1.165) is 0 Å².